The van der Waals surface area contributed by atoms with E-state index in [9.17, 15) is 14.4 Å². The molecule has 0 N–H and O–H groups in total. The molecule has 252 valence electrons. The van der Waals surface area contributed by atoms with E-state index in [4.69, 9.17) is 23.9 Å². The van der Waals surface area contributed by atoms with Gasteiger partial charge in [-0.05, 0) is 95.7 Å². The molecule has 2 amide bonds. The quantitative estimate of drug-likeness (QED) is 0.366. The summed E-state index contributed by atoms with van der Waals surface area (Å²) in [6, 6.07) is 3.72. The number of carbonyl (C=O) groups is 3. The van der Waals surface area contributed by atoms with Gasteiger partial charge in [-0.25, -0.2) is 24.1 Å². The van der Waals surface area contributed by atoms with Crippen LogP contribution in [0.15, 0.2) is 24.5 Å². The van der Waals surface area contributed by atoms with Crippen LogP contribution in [0.3, 0.4) is 0 Å². The van der Waals surface area contributed by atoms with Gasteiger partial charge in [-0.15, -0.1) is 0 Å². The van der Waals surface area contributed by atoms with Gasteiger partial charge in [0.1, 0.15) is 16.7 Å². The number of aromatic nitrogens is 3. The van der Waals surface area contributed by atoms with Crippen molar-refractivity contribution in [3.63, 3.8) is 0 Å². The molecule has 5 heterocycles. The van der Waals surface area contributed by atoms with Crippen molar-refractivity contribution < 1.29 is 33.3 Å². The molecule has 3 aliphatic heterocycles. The maximum atomic E-state index is 13.5. The second-order valence-electron chi connectivity index (χ2n) is 14.6. The molecular formula is C35H45N5O7. The maximum Gasteiger partial charge on any atom is 0.420 e. The van der Waals surface area contributed by atoms with Gasteiger partial charge < -0.3 is 23.8 Å². The summed E-state index contributed by atoms with van der Waals surface area (Å²) < 4.78 is 24.3. The summed E-state index contributed by atoms with van der Waals surface area (Å²) >= 11 is 0. The first-order valence-corrected chi connectivity index (χ1v) is 16.4. The minimum Gasteiger partial charge on any atom is -0.444 e. The average molecular weight is 648 g/mol. The normalized spacial score (nSPS) is 20.3. The Hall–Kier alpha value is -4.03. The molecule has 3 aromatic rings. The van der Waals surface area contributed by atoms with Crippen molar-refractivity contribution in [2.24, 2.45) is 5.92 Å². The SMILES string of the molecule is Cc1cn(C(=O)OC(C)(C)C)c2ncc(-c3cc4c(c([C@@H]5COCCN5C(=O)OC(C)(C)C)c3)CN(C(=O)[C@H]3CCOC3)CC4)nc12. The smallest absolute Gasteiger partial charge is 0.420 e. The van der Waals surface area contributed by atoms with Crippen molar-refractivity contribution in [1.29, 1.82) is 0 Å². The molecule has 12 heteroatoms. The number of nitrogens with zero attached hydrogens (tertiary/aromatic N) is 5. The van der Waals surface area contributed by atoms with Gasteiger partial charge in [-0.3, -0.25) is 9.69 Å². The molecule has 0 spiro atoms. The summed E-state index contributed by atoms with van der Waals surface area (Å²) in [6.45, 7) is 16.1. The Bertz CT molecular complexity index is 1700. The van der Waals surface area contributed by atoms with E-state index in [1.54, 1.807) is 17.3 Å². The molecule has 2 saturated heterocycles. The zero-order chi connectivity index (χ0) is 33.7. The van der Waals surface area contributed by atoms with Gasteiger partial charge in [0, 0.05) is 38.0 Å². The monoisotopic (exact) mass is 647 g/mol. The number of carbonyl (C=O) groups excluding carboxylic acids is 3. The molecule has 12 nitrogen and oxygen atoms in total. The van der Waals surface area contributed by atoms with Crippen molar-refractivity contribution in [2.75, 3.05) is 39.5 Å². The van der Waals surface area contributed by atoms with Gasteiger partial charge in [0.2, 0.25) is 5.91 Å². The number of hydrogen-bond donors (Lipinski definition) is 0. The van der Waals surface area contributed by atoms with Gasteiger partial charge in [-0.1, -0.05) is 0 Å². The number of benzene rings is 1. The van der Waals surface area contributed by atoms with Crippen LogP contribution in [0.2, 0.25) is 0 Å². The Morgan fingerprint density at radius 2 is 1.66 bits per heavy atom. The van der Waals surface area contributed by atoms with E-state index in [1.165, 1.54) is 4.57 Å². The van der Waals surface area contributed by atoms with Crippen LogP contribution in [-0.4, -0.2) is 93.1 Å². The Balaban J connectivity index is 1.42. The molecule has 6 rings (SSSR count). The van der Waals surface area contributed by atoms with Gasteiger partial charge in [0.25, 0.3) is 0 Å². The molecule has 0 bridgehead atoms. The van der Waals surface area contributed by atoms with E-state index in [1.807, 2.05) is 59.4 Å². The zero-order valence-corrected chi connectivity index (χ0v) is 28.4. The zero-order valence-electron chi connectivity index (χ0n) is 28.4. The highest BCUT2D eigenvalue weighted by Gasteiger charge is 2.37. The molecule has 0 saturated carbocycles. The fourth-order valence-corrected chi connectivity index (χ4v) is 6.45. The fourth-order valence-electron chi connectivity index (χ4n) is 6.45. The Morgan fingerprint density at radius 1 is 0.936 bits per heavy atom. The minimum absolute atomic E-state index is 0.105. The Morgan fingerprint density at radius 3 is 2.36 bits per heavy atom. The van der Waals surface area contributed by atoms with E-state index in [0.717, 1.165) is 34.2 Å². The summed E-state index contributed by atoms with van der Waals surface area (Å²) in [5, 5.41) is 0. The second kappa shape index (κ2) is 12.5. The van der Waals surface area contributed by atoms with Crippen molar-refractivity contribution in [3.8, 4) is 11.3 Å². The first-order chi connectivity index (χ1) is 22.2. The summed E-state index contributed by atoms with van der Waals surface area (Å²) in [7, 11) is 0. The molecule has 0 radical (unpaired) electrons. The third-order valence-electron chi connectivity index (χ3n) is 8.65. The predicted octanol–water partition coefficient (Wildman–Crippen LogP) is 5.42. The van der Waals surface area contributed by atoms with Crippen LogP contribution in [0.4, 0.5) is 9.59 Å². The van der Waals surface area contributed by atoms with Gasteiger partial charge in [-0.2, -0.15) is 0 Å². The van der Waals surface area contributed by atoms with E-state index in [0.29, 0.717) is 69.3 Å². The van der Waals surface area contributed by atoms with Crippen molar-refractivity contribution in [1.82, 2.24) is 24.3 Å². The number of rotatable bonds is 3. The molecule has 1 aromatic carbocycles. The molecule has 0 aliphatic carbocycles. The number of aryl methyl sites for hydroxylation is 1. The molecule has 2 fully saturated rings. The largest absolute Gasteiger partial charge is 0.444 e. The number of morpholine rings is 1. The van der Waals surface area contributed by atoms with Crippen LogP contribution in [0, 0.1) is 12.8 Å². The highest BCUT2D eigenvalue weighted by molar-refractivity contribution is 5.88. The standard InChI is InChI=1S/C35H45N5O7/c1-21-17-40(33(43)47-35(5,6)7)30-29(21)37-27(16-36-30)24-14-22-8-10-38(31(41)23-9-12-44-19-23)18-26(22)25(15-24)28-20-45-13-11-39(28)32(42)46-34(2,3)4/h14-17,23,28H,8-13,18-20H2,1-7H3/t23-,28-/m0/s1. The average Bonchev–Trinajstić information content (AvgIpc) is 3.67. The van der Waals surface area contributed by atoms with Crippen LogP contribution in [0.5, 0.6) is 0 Å². The Kier molecular flexibility index (Phi) is 8.77. The third-order valence-corrected chi connectivity index (χ3v) is 8.65. The van der Waals surface area contributed by atoms with E-state index in [-0.39, 0.29) is 11.8 Å². The summed E-state index contributed by atoms with van der Waals surface area (Å²) in [5.41, 5.74) is 4.95. The van der Waals surface area contributed by atoms with Gasteiger partial charge in [0.05, 0.1) is 43.7 Å². The third kappa shape index (κ3) is 6.99. The summed E-state index contributed by atoms with van der Waals surface area (Å²) in [5.74, 6) is -0.0258. The second-order valence-corrected chi connectivity index (χ2v) is 14.6. The molecule has 47 heavy (non-hydrogen) atoms. The molecule has 0 unspecified atom stereocenters. The van der Waals surface area contributed by atoms with Crippen molar-refractivity contribution >= 4 is 29.3 Å². The minimum atomic E-state index is -0.660. The molecule has 2 aromatic heterocycles. The molecule has 3 aliphatic rings. The van der Waals surface area contributed by atoms with E-state index >= 15 is 0 Å². The van der Waals surface area contributed by atoms with Crippen molar-refractivity contribution in [2.45, 2.75) is 85.1 Å². The highest BCUT2D eigenvalue weighted by atomic mass is 16.6. The maximum absolute atomic E-state index is 13.5. The lowest BCUT2D eigenvalue weighted by molar-refractivity contribution is -0.136. The fraction of sp³-hybridized carbons (Fsp3) is 0.571. The Labute approximate surface area is 275 Å². The van der Waals surface area contributed by atoms with Crippen LogP contribution in [-0.2, 0) is 36.7 Å². The lowest BCUT2D eigenvalue weighted by atomic mass is 9.87. The molecule has 2 atom stereocenters. The lowest BCUT2D eigenvalue weighted by Crippen LogP contribution is -2.46. The van der Waals surface area contributed by atoms with Gasteiger partial charge >= 0.3 is 12.2 Å². The topological polar surface area (TPSA) is 125 Å². The lowest BCUT2D eigenvalue weighted by Gasteiger charge is -2.40. The van der Waals surface area contributed by atoms with Gasteiger partial charge in [0.15, 0.2) is 5.65 Å². The first kappa shape index (κ1) is 32.9. The van der Waals surface area contributed by atoms with Crippen molar-refractivity contribution in [3.05, 3.63) is 46.8 Å². The first-order valence-electron chi connectivity index (χ1n) is 16.4. The summed E-state index contributed by atoms with van der Waals surface area (Å²) in [6.07, 6.45) is 3.82. The highest BCUT2D eigenvalue weighted by Crippen LogP contribution is 2.37. The van der Waals surface area contributed by atoms with E-state index in [2.05, 4.69) is 11.1 Å². The van der Waals surface area contributed by atoms with Crippen LogP contribution in [0.1, 0.15) is 76.3 Å². The number of hydrogen-bond acceptors (Lipinski definition) is 9. The van der Waals surface area contributed by atoms with Crippen LogP contribution >= 0.6 is 0 Å². The summed E-state index contributed by atoms with van der Waals surface area (Å²) in [4.78, 5) is 53.2. The van der Waals surface area contributed by atoms with E-state index < -0.39 is 29.4 Å². The van der Waals surface area contributed by atoms with Crippen LogP contribution in [0.25, 0.3) is 22.4 Å². The number of fused-ring (bicyclic) bond motifs is 2. The predicted molar refractivity (Wildman–Crippen MR) is 174 cm³/mol. The molecular weight excluding hydrogens is 602 g/mol. The number of amides is 2. The van der Waals surface area contributed by atoms with Crippen LogP contribution < -0.4 is 0 Å². The number of ether oxygens (including phenoxy) is 4.